The van der Waals surface area contributed by atoms with Gasteiger partial charge >= 0.3 is 0 Å². The standard InChI is InChI=1S/C7H12N2.H3N/c1-6(2)9-5-4-7(3)8-9;/h4-6H,1-3H3;1H3. The molecule has 0 bridgehead atoms. The van der Waals surface area contributed by atoms with Crippen molar-refractivity contribution in [3.63, 3.8) is 0 Å². The summed E-state index contributed by atoms with van der Waals surface area (Å²) >= 11 is 0. The fourth-order valence-electron chi connectivity index (χ4n) is 0.721. The van der Waals surface area contributed by atoms with E-state index in [2.05, 4.69) is 18.9 Å². The summed E-state index contributed by atoms with van der Waals surface area (Å²) in [5, 5.41) is 4.23. The Morgan fingerprint density at radius 1 is 1.50 bits per heavy atom. The van der Waals surface area contributed by atoms with Crippen molar-refractivity contribution in [1.29, 1.82) is 0 Å². The van der Waals surface area contributed by atoms with Gasteiger partial charge in [-0.05, 0) is 26.8 Å². The topological polar surface area (TPSA) is 52.8 Å². The van der Waals surface area contributed by atoms with Gasteiger partial charge < -0.3 is 6.15 Å². The molecule has 1 aromatic rings. The molecular weight excluding hydrogens is 126 g/mol. The minimum absolute atomic E-state index is 0. The van der Waals surface area contributed by atoms with Gasteiger partial charge in [-0.1, -0.05) is 0 Å². The number of aromatic nitrogens is 2. The lowest BCUT2D eigenvalue weighted by Crippen LogP contribution is -2.00. The fourth-order valence-corrected chi connectivity index (χ4v) is 0.721. The van der Waals surface area contributed by atoms with E-state index in [0.29, 0.717) is 6.04 Å². The molecular formula is C7H15N3. The molecule has 0 unspecified atom stereocenters. The van der Waals surface area contributed by atoms with Gasteiger partial charge in [-0.2, -0.15) is 5.10 Å². The van der Waals surface area contributed by atoms with Crippen molar-refractivity contribution in [3.05, 3.63) is 18.0 Å². The Balaban J connectivity index is 0.000000810. The molecule has 0 amide bonds. The first kappa shape index (κ1) is 9.17. The summed E-state index contributed by atoms with van der Waals surface area (Å²) in [6.45, 7) is 6.23. The molecule has 0 spiro atoms. The summed E-state index contributed by atoms with van der Waals surface area (Å²) in [5.41, 5.74) is 1.09. The minimum Gasteiger partial charge on any atom is -0.344 e. The summed E-state index contributed by atoms with van der Waals surface area (Å²) in [5.74, 6) is 0. The van der Waals surface area contributed by atoms with Crippen LogP contribution in [0.25, 0.3) is 0 Å². The van der Waals surface area contributed by atoms with Crippen LogP contribution in [-0.2, 0) is 0 Å². The van der Waals surface area contributed by atoms with E-state index < -0.39 is 0 Å². The molecule has 0 aliphatic heterocycles. The van der Waals surface area contributed by atoms with E-state index in [1.165, 1.54) is 0 Å². The van der Waals surface area contributed by atoms with Gasteiger partial charge in [-0.15, -0.1) is 0 Å². The second-order valence-corrected chi connectivity index (χ2v) is 2.53. The molecule has 1 heterocycles. The molecule has 0 radical (unpaired) electrons. The summed E-state index contributed by atoms with van der Waals surface area (Å²) in [4.78, 5) is 0. The lowest BCUT2D eigenvalue weighted by atomic mass is 10.4. The number of hydrogen-bond donors (Lipinski definition) is 1. The molecule has 0 aromatic carbocycles. The van der Waals surface area contributed by atoms with Gasteiger partial charge in [0, 0.05) is 12.2 Å². The Morgan fingerprint density at radius 3 is 2.30 bits per heavy atom. The Kier molecular flexibility index (Phi) is 3.09. The maximum absolute atomic E-state index is 4.23. The molecule has 1 aromatic heterocycles. The Morgan fingerprint density at radius 2 is 2.10 bits per heavy atom. The van der Waals surface area contributed by atoms with Crippen LogP contribution in [0.1, 0.15) is 25.6 Å². The minimum atomic E-state index is 0. The lowest BCUT2D eigenvalue weighted by molar-refractivity contribution is 0.529. The highest BCUT2D eigenvalue weighted by Gasteiger charge is 1.95. The third kappa shape index (κ3) is 1.84. The van der Waals surface area contributed by atoms with E-state index in [9.17, 15) is 0 Å². The summed E-state index contributed by atoms with van der Waals surface area (Å²) in [6, 6.07) is 2.50. The van der Waals surface area contributed by atoms with Gasteiger partial charge in [-0.3, -0.25) is 4.68 Å². The molecule has 0 saturated heterocycles. The average molecular weight is 141 g/mol. The van der Waals surface area contributed by atoms with Crippen LogP contribution in [0.5, 0.6) is 0 Å². The number of nitrogens with zero attached hydrogens (tertiary/aromatic N) is 2. The van der Waals surface area contributed by atoms with Gasteiger partial charge in [0.25, 0.3) is 0 Å². The highest BCUT2D eigenvalue weighted by atomic mass is 15.3. The smallest absolute Gasteiger partial charge is 0.0593 e. The summed E-state index contributed by atoms with van der Waals surface area (Å²) in [7, 11) is 0. The Labute approximate surface area is 61.6 Å². The predicted molar refractivity (Wildman–Crippen MR) is 42.4 cm³/mol. The highest BCUT2D eigenvalue weighted by molar-refractivity contribution is 4.95. The first-order valence-electron chi connectivity index (χ1n) is 3.22. The SMILES string of the molecule is Cc1ccn(C(C)C)n1.N. The summed E-state index contributed by atoms with van der Waals surface area (Å²) < 4.78 is 1.95. The maximum atomic E-state index is 4.23. The van der Waals surface area contributed by atoms with Crippen molar-refractivity contribution in [3.8, 4) is 0 Å². The third-order valence-electron chi connectivity index (χ3n) is 1.27. The Bertz CT molecular complexity index is 190. The number of rotatable bonds is 1. The third-order valence-corrected chi connectivity index (χ3v) is 1.27. The molecule has 3 heteroatoms. The zero-order valence-corrected chi connectivity index (χ0v) is 6.83. The molecule has 10 heavy (non-hydrogen) atoms. The molecule has 0 saturated carbocycles. The van der Waals surface area contributed by atoms with Crippen LogP contribution in [0, 0.1) is 6.92 Å². The van der Waals surface area contributed by atoms with E-state index in [1.807, 2.05) is 23.9 Å². The van der Waals surface area contributed by atoms with Crippen LogP contribution in [0.4, 0.5) is 0 Å². The van der Waals surface area contributed by atoms with Gasteiger partial charge in [0.05, 0.1) is 5.69 Å². The van der Waals surface area contributed by atoms with Crippen LogP contribution < -0.4 is 6.15 Å². The van der Waals surface area contributed by atoms with Crippen molar-refractivity contribution < 1.29 is 0 Å². The van der Waals surface area contributed by atoms with Crippen molar-refractivity contribution >= 4 is 0 Å². The Hall–Kier alpha value is -0.830. The quantitative estimate of drug-likeness (QED) is 0.649. The zero-order chi connectivity index (χ0) is 6.85. The first-order chi connectivity index (χ1) is 4.20. The maximum Gasteiger partial charge on any atom is 0.0593 e. The van der Waals surface area contributed by atoms with Crippen LogP contribution in [-0.4, -0.2) is 9.78 Å². The van der Waals surface area contributed by atoms with E-state index in [-0.39, 0.29) is 6.15 Å². The molecule has 0 atom stereocenters. The number of hydrogen-bond acceptors (Lipinski definition) is 2. The lowest BCUT2D eigenvalue weighted by Gasteiger charge is -2.02. The van der Waals surface area contributed by atoms with Gasteiger partial charge in [0.2, 0.25) is 0 Å². The highest BCUT2D eigenvalue weighted by Crippen LogP contribution is 2.01. The van der Waals surface area contributed by atoms with E-state index >= 15 is 0 Å². The van der Waals surface area contributed by atoms with Gasteiger partial charge in [0.1, 0.15) is 0 Å². The molecule has 3 N–H and O–H groups in total. The normalized spacial score (nSPS) is 9.60. The van der Waals surface area contributed by atoms with Gasteiger partial charge in [0.15, 0.2) is 0 Å². The van der Waals surface area contributed by atoms with Gasteiger partial charge in [-0.25, -0.2) is 0 Å². The van der Waals surface area contributed by atoms with Crippen molar-refractivity contribution in [2.75, 3.05) is 0 Å². The predicted octanol–water partition coefficient (Wildman–Crippen LogP) is 1.93. The first-order valence-corrected chi connectivity index (χ1v) is 3.22. The van der Waals surface area contributed by atoms with Crippen LogP contribution in [0.2, 0.25) is 0 Å². The molecule has 0 aliphatic carbocycles. The molecule has 3 nitrogen and oxygen atoms in total. The second-order valence-electron chi connectivity index (χ2n) is 2.53. The average Bonchev–Trinajstić information content (AvgIpc) is 2.14. The van der Waals surface area contributed by atoms with E-state index in [0.717, 1.165) is 5.69 Å². The monoisotopic (exact) mass is 141 g/mol. The molecule has 0 aliphatic rings. The van der Waals surface area contributed by atoms with Crippen LogP contribution >= 0.6 is 0 Å². The van der Waals surface area contributed by atoms with E-state index in [4.69, 9.17) is 0 Å². The van der Waals surface area contributed by atoms with E-state index in [1.54, 1.807) is 0 Å². The zero-order valence-electron chi connectivity index (χ0n) is 6.83. The van der Waals surface area contributed by atoms with Crippen molar-refractivity contribution in [2.45, 2.75) is 26.8 Å². The van der Waals surface area contributed by atoms with Crippen LogP contribution in [0.15, 0.2) is 12.3 Å². The summed E-state index contributed by atoms with van der Waals surface area (Å²) in [6.07, 6.45) is 2.00. The largest absolute Gasteiger partial charge is 0.344 e. The molecule has 0 fully saturated rings. The fraction of sp³-hybridized carbons (Fsp3) is 0.571. The van der Waals surface area contributed by atoms with Crippen molar-refractivity contribution in [1.82, 2.24) is 15.9 Å². The molecule has 1 rings (SSSR count). The van der Waals surface area contributed by atoms with Crippen LogP contribution in [0.3, 0.4) is 0 Å². The molecule has 58 valence electrons. The van der Waals surface area contributed by atoms with Crippen molar-refractivity contribution in [2.24, 2.45) is 0 Å². The number of aryl methyl sites for hydroxylation is 1. The second kappa shape index (κ2) is 3.37.